The fourth-order valence-corrected chi connectivity index (χ4v) is 2.90. The number of aromatic nitrogens is 2. The van der Waals surface area contributed by atoms with Crippen molar-refractivity contribution < 1.29 is 9.84 Å². The summed E-state index contributed by atoms with van der Waals surface area (Å²) in [6.45, 7) is 0. The Morgan fingerprint density at radius 1 is 1.06 bits per heavy atom. The molecule has 0 amide bonds. The van der Waals surface area contributed by atoms with Gasteiger partial charge in [0.1, 0.15) is 9.21 Å². The number of nitrogens with zero attached hydrogens (tertiary/aromatic N) is 2. The number of phenolic OH excluding ortho intramolecular Hbond substituents is 1. The molecule has 0 spiro atoms. The van der Waals surface area contributed by atoms with Gasteiger partial charge in [-0.3, -0.25) is 0 Å². The summed E-state index contributed by atoms with van der Waals surface area (Å²) in [5, 5.41) is 9.75. The van der Waals surface area contributed by atoms with Gasteiger partial charge in [-0.1, -0.05) is 0 Å². The Labute approximate surface area is 129 Å². The third-order valence-electron chi connectivity index (χ3n) is 2.17. The molecule has 0 saturated heterocycles. The van der Waals surface area contributed by atoms with Gasteiger partial charge < -0.3 is 9.84 Å². The van der Waals surface area contributed by atoms with Gasteiger partial charge in [-0.05, 0) is 59.9 Å². The molecule has 0 radical (unpaired) electrons. The van der Waals surface area contributed by atoms with E-state index in [-0.39, 0.29) is 5.75 Å². The van der Waals surface area contributed by atoms with E-state index in [0.29, 0.717) is 25.3 Å². The van der Waals surface area contributed by atoms with Crippen LogP contribution in [0.2, 0.25) is 0 Å². The molecule has 7 heteroatoms. The van der Waals surface area contributed by atoms with E-state index in [1.54, 1.807) is 18.2 Å². The lowest BCUT2D eigenvalue weighted by Crippen LogP contribution is -1.92. The molecule has 1 N–H and O–H groups in total. The summed E-state index contributed by atoms with van der Waals surface area (Å²) < 4.78 is 6.95. The number of ether oxygens (including phenoxy) is 1. The normalized spacial score (nSPS) is 10.4. The van der Waals surface area contributed by atoms with E-state index < -0.39 is 0 Å². The molecule has 0 aliphatic rings. The van der Waals surface area contributed by atoms with Gasteiger partial charge in [0.25, 0.3) is 0 Å². The van der Waals surface area contributed by atoms with E-state index in [4.69, 9.17) is 4.74 Å². The van der Waals surface area contributed by atoms with Gasteiger partial charge in [-0.2, -0.15) is 0 Å². The lowest BCUT2D eigenvalue weighted by Gasteiger charge is -2.08. The van der Waals surface area contributed by atoms with Crippen LogP contribution >= 0.6 is 47.8 Å². The number of methoxy groups -OCH3 is 1. The van der Waals surface area contributed by atoms with Crippen LogP contribution in [0.3, 0.4) is 0 Å². The first-order chi connectivity index (χ1) is 8.51. The topological polar surface area (TPSA) is 55.2 Å². The van der Waals surface area contributed by atoms with Crippen LogP contribution in [-0.2, 0) is 0 Å². The van der Waals surface area contributed by atoms with Crippen molar-refractivity contribution in [2.75, 3.05) is 7.11 Å². The van der Waals surface area contributed by atoms with Crippen LogP contribution in [-0.4, -0.2) is 22.2 Å². The average Bonchev–Trinajstić information content (AvgIpc) is 2.31. The average molecular weight is 439 g/mol. The summed E-state index contributed by atoms with van der Waals surface area (Å²) in [5.41, 5.74) is 0.735. The van der Waals surface area contributed by atoms with Crippen LogP contribution in [0.25, 0.3) is 11.4 Å². The SMILES string of the molecule is COc1cc(-c2nc(Br)cc(Br)n2)cc(Br)c1O. The van der Waals surface area contributed by atoms with Crippen LogP contribution in [0.15, 0.2) is 31.9 Å². The first kappa shape index (κ1) is 13.8. The number of halogens is 3. The van der Waals surface area contributed by atoms with Crippen LogP contribution in [0.1, 0.15) is 0 Å². The lowest BCUT2D eigenvalue weighted by molar-refractivity contribution is 0.372. The van der Waals surface area contributed by atoms with Crippen LogP contribution < -0.4 is 4.74 Å². The van der Waals surface area contributed by atoms with Crippen molar-refractivity contribution >= 4 is 47.8 Å². The Kier molecular flexibility index (Phi) is 4.24. The van der Waals surface area contributed by atoms with Crippen LogP contribution in [0, 0.1) is 0 Å². The molecule has 0 fully saturated rings. The van der Waals surface area contributed by atoms with Crippen molar-refractivity contribution in [1.82, 2.24) is 9.97 Å². The number of phenols is 1. The monoisotopic (exact) mass is 436 g/mol. The zero-order chi connectivity index (χ0) is 13.3. The van der Waals surface area contributed by atoms with Gasteiger partial charge in [0, 0.05) is 11.6 Å². The third-order valence-corrected chi connectivity index (χ3v) is 3.59. The second kappa shape index (κ2) is 5.54. The predicted molar refractivity (Wildman–Crippen MR) is 78.8 cm³/mol. The van der Waals surface area contributed by atoms with Gasteiger partial charge in [-0.25, -0.2) is 9.97 Å². The molecule has 1 aromatic carbocycles. The number of aromatic hydroxyl groups is 1. The Balaban J connectivity index is 2.60. The van der Waals surface area contributed by atoms with Gasteiger partial charge in [0.15, 0.2) is 17.3 Å². The minimum atomic E-state index is 0.0512. The van der Waals surface area contributed by atoms with E-state index in [1.807, 2.05) is 0 Å². The molecule has 1 aromatic heterocycles. The first-order valence-electron chi connectivity index (χ1n) is 4.78. The van der Waals surface area contributed by atoms with E-state index in [9.17, 15) is 5.11 Å². The molecular weight excluding hydrogens is 432 g/mol. The molecule has 0 unspecified atom stereocenters. The predicted octanol–water partition coefficient (Wildman–Crippen LogP) is 4.15. The quantitative estimate of drug-likeness (QED) is 0.716. The van der Waals surface area contributed by atoms with Crippen molar-refractivity contribution in [3.8, 4) is 22.9 Å². The highest BCUT2D eigenvalue weighted by molar-refractivity contribution is 9.11. The maximum absolute atomic E-state index is 9.75. The minimum Gasteiger partial charge on any atom is -0.503 e. The molecule has 2 aromatic rings. The van der Waals surface area contributed by atoms with Crippen LogP contribution in [0.4, 0.5) is 0 Å². The largest absolute Gasteiger partial charge is 0.503 e. The minimum absolute atomic E-state index is 0.0512. The van der Waals surface area contributed by atoms with E-state index in [0.717, 1.165) is 5.56 Å². The van der Waals surface area contributed by atoms with Gasteiger partial charge in [0.05, 0.1) is 11.6 Å². The zero-order valence-electron chi connectivity index (χ0n) is 9.12. The van der Waals surface area contributed by atoms with Crippen molar-refractivity contribution in [2.45, 2.75) is 0 Å². The smallest absolute Gasteiger partial charge is 0.172 e. The van der Waals surface area contributed by atoms with Crippen molar-refractivity contribution in [3.05, 3.63) is 31.9 Å². The highest BCUT2D eigenvalue weighted by atomic mass is 79.9. The summed E-state index contributed by atoms with van der Waals surface area (Å²) in [4.78, 5) is 8.54. The molecule has 0 aliphatic heterocycles. The second-order valence-electron chi connectivity index (χ2n) is 3.35. The Bertz CT molecular complexity index is 585. The molecule has 2 rings (SSSR count). The molecular formula is C11H7Br3N2O2. The molecule has 94 valence electrons. The summed E-state index contributed by atoms with van der Waals surface area (Å²) in [5.74, 6) is 0.935. The Morgan fingerprint density at radius 3 is 2.22 bits per heavy atom. The highest BCUT2D eigenvalue weighted by Crippen LogP contribution is 2.38. The second-order valence-corrected chi connectivity index (χ2v) is 5.83. The number of benzene rings is 1. The molecule has 0 aliphatic carbocycles. The van der Waals surface area contributed by atoms with E-state index in [1.165, 1.54) is 7.11 Å². The molecule has 0 saturated carbocycles. The van der Waals surface area contributed by atoms with Crippen LogP contribution in [0.5, 0.6) is 11.5 Å². The van der Waals surface area contributed by atoms with Gasteiger partial charge in [0.2, 0.25) is 0 Å². The highest BCUT2D eigenvalue weighted by Gasteiger charge is 2.12. The van der Waals surface area contributed by atoms with Crippen molar-refractivity contribution in [1.29, 1.82) is 0 Å². The summed E-state index contributed by atoms with van der Waals surface area (Å²) >= 11 is 9.87. The Morgan fingerprint density at radius 2 is 1.67 bits per heavy atom. The summed E-state index contributed by atoms with van der Waals surface area (Å²) in [6, 6.07) is 5.15. The lowest BCUT2D eigenvalue weighted by atomic mass is 10.2. The first-order valence-corrected chi connectivity index (χ1v) is 7.16. The summed E-state index contributed by atoms with van der Waals surface area (Å²) in [7, 11) is 1.49. The zero-order valence-corrected chi connectivity index (χ0v) is 13.9. The third kappa shape index (κ3) is 2.84. The van der Waals surface area contributed by atoms with E-state index in [2.05, 4.69) is 57.8 Å². The molecule has 0 atom stereocenters. The maximum Gasteiger partial charge on any atom is 0.172 e. The summed E-state index contributed by atoms with van der Waals surface area (Å²) in [6.07, 6.45) is 0. The van der Waals surface area contributed by atoms with Gasteiger partial charge >= 0.3 is 0 Å². The standard InChI is InChI=1S/C11H7Br3N2O2/c1-18-7-3-5(2-6(12)10(7)17)11-15-8(13)4-9(14)16-11/h2-4,17H,1H3. The number of hydrogen-bond donors (Lipinski definition) is 1. The Hall–Kier alpha value is -0.660. The number of rotatable bonds is 2. The fraction of sp³-hybridized carbons (Fsp3) is 0.0909. The molecule has 4 nitrogen and oxygen atoms in total. The molecule has 18 heavy (non-hydrogen) atoms. The molecule has 1 heterocycles. The van der Waals surface area contributed by atoms with E-state index >= 15 is 0 Å². The van der Waals surface area contributed by atoms with Crippen molar-refractivity contribution in [2.24, 2.45) is 0 Å². The number of hydrogen-bond acceptors (Lipinski definition) is 4. The van der Waals surface area contributed by atoms with Gasteiger partial charge in [-0.15, -0.1) is 0 Å². The molecule has 0 bridgehead atoms. The van der Waals surface area contributed by atoms with Crippen molar-refractivity contribution in [3.63, 3.8) is 0 Å². The fourth-order valence-electron chi connectivity index (χ4n) is 1.38. The maximum atomic E-state index is 9.75.